The average Bonchev–Trinajstić information content (AvgIpc) is 3.60. The van der Waals surface area contributed by atoms with Crippen LogP contribution in [0.5, 0.6) is 0 Å². The van der Waals surface area contributed by atoms with Crippen LogP contribution in [-0.2, 0) is 25.6 Å². The molecule has 5 rings (SSSR count). The number of halogens is 3. The molecule has 10 nitrogen and oxygen atoms in total. The fourth-order valence-corrected chi connectivity index (χ4v) is 7.47. The Morgan fingerprint density at radius 3 is 2.11 bits per heavy atom. The first-order valence-electron chi connectivity index (χ1n) is 13.3. The Morgan fingerprint density at radius 2 is 1.58 bits per heavy atom. The predicted molar refractivity (Wildman–Crippen MR) is 156 cm³/mol. The molecule has 0 spiro atoms. The molecule has 2 atom stereocenters. The zero-order valence-electron chi connectivity index (χ0n) is 23.4. The van der Waals surface area contributed by atoms with Crippen molar-refractivity contribution in [2.45, 2.75) is 41.1 Å². The minimum Gasteiger partial charge on any atom is -0.293 e. The maximum atomic E-state index is 13.8. The molecule has 45 heavy (non-hydrogen) atoms. The summed E-state index contributed by atoms with van der Waals surface area (Å²) in [4.78, 5) is 55.4. The standard InChI is InChI=1S/C30H22F3N3O7S2/c1-16(2)17-3-5-19(6-4-17)26(37)24-25(18-7-9-20(10-8-18)30(31,32)33)35(28(39)27(24)38)29-34-15-23(44-29)45(42,43)22-13-11-21(12-14-22)36(40)41/h3-16,24-25H,1-2H3. The third-order valence-corrected chi connectivity index (χ3v) is 10.6. The van der Waals surface area contributed by atoms with Gasteiger partial charge in [-0.05, 0) is 41.3 Å². The molecule has 232 valence electrons. The third-order valence-electron chi connectivity index (χ3n) is 7.33. The van der Waals surface area contributed by atoms with E-state index in [1.807, 2.05) is 13.8 Å². The smallest absolute Gasteiger partial charge is 0.293 e. The van der Waals surface area contributed by atoms with Gasteiger partial charge in [-0.3, -0.25) is 29.4 Å². The van der Waals surface area contributed by atoms with Gasteiger partial charge in [0.25, 0.3) is 11.6 Å². The number of ketones is 2. The van der Waals surface area contributed by atoms with Crippen LogP contribution in [0.3, 0.4) is 0 Å². The van der Waals surface area contributed by atoms with Crippen LogP contribution in [-0.4, -0.2) is 35.8 Å². The first kappa shape index (κ1) is 31.7. The second-order valence-corrected chi connectivity index (χ2v) is 13.6. The van der Waals surface area contributed by atoms with E-state index in [1.54, 1.807) is 12.1 Å². The summed E-state index contributed by atoms with van der Waals surface area (Å²) in [5.41, 5.74) is -0.301. The molecule has 1 saturated heterocycles. The largest absolute Gasteiger partial charge is 0.416 e. The van der Waals surface area contributed by atoms with Crippen LogP contribution in [0.2, 0.25) is 0 Å². The van der Waals surface area contributed by atoms with Crippen molar-refractivity contribution >= 4 is 49.5 Å². The van der Waals surface area contributed by atoms with Crippen molar-refractivity contribution in [2.75, 3.05) is 4.90 Å². The maximum Gasteiger partial charge on any atom is 0.416 e. The number of thiazole rings is 1. The number of hydrogen-bond acceptors (Lipinski definition) is 9. The average molecular weight is 658 g/mol. The Bertz CT molecular complexity index is 1920. The fraction of sp³-hybridized carbons (Fsp3) is 0.200. The van der Waals surface area contributed by atoms with Crippen molar-refractivity contribution < 1.29 is 40.9 Å². The number of anilines is 1. The Kier molecular flexibility index (Phi) is 8.18. The van der Waals surface area contributed by atoms with Crippen molar-refractivity contribution in [3.8, 4) is 0 Å². The van der Waals surface area contributed by atoms with Crippen LogP contribution < -0.4 is 4.90 Å². The number of non-ortho nitro benzene ring substituents is 1. The number of sulfone groups is 1. The van der Waals surface area contributed by atoms with E-state index in [2.05, 4.69) is 4.98 Å². The molecule has 1 aliphatic rings. The van der Waals surface area contributed by atoms with E-state index >= 15 is 0 Å². The lowest BCUT2D eigenvalue weighted by Gasteiger charge is -2.25. The lowest BCUT2D eigenvalue weighted by atomic mass is 9.85. The van der Waals surface area contributed by atoms with Gasteiger partial charge in [-0.15, -0.1) is 0 Å². The highest BCUT2D eigenvalue weighted by atomic mass is 32.2. The molecule has 1 fully saturated rings. The van der Waals surface area contributed by atoms with Crippen molar-refractivity contribution in [3.05, 3.63) is 111 Å². The number of Topliss-reactive ketones (excluding diaryl/α,β-unsaturated/α-hetero) is 2. The molecule has 1 aliphatic heterocycles. The molecule has 1 aromatic heterocycles. The summed E-state index contributed by atoms with van der Waals surface area (Å²) in [5.74, 6) is -4.59. The van der Waals surface area contributed by atoms with Gasteiger partial charge in [0.05, 0.1) is 27.6 Å². The van der Waals surface area contributed by atoms with Gasteiger partial charge in [-0.1, -0.05) is 61.6 Å². The van der Waals surface area contributed by atoms with Gasteiger partial charge in [-0.25, -0.2) is 13.4 Å². The van der Waals surface area contributed by atoms with Gasteiger partial charge in [0, 0.05) is 17.7 Å². The first-order valence-corrected chi connectivity index (χ1v) is 15.6. The zero-order chi connectivity index (χ0) is 32.8. The van der Waals surface area contributed by atoms with Crippen molar-refractivity contribution in [2.24, 2.45) is 5.92 Å². The zero-order valence-corrected chi connectivity index (χ0v) is 25.0. The van der Waals surface area contributed by atoms with Crippen LogP contribution in [0.1, 0.15) is 52.9 Å². The van der Waals surface area contributed by atoms with E-state index in [1.165, 1.54) is 12.1 Å². The second kappa shape index (κ2) is 11.6. The monoisotopic (exact) mass is 657 g/mol. The summed E-state index contributed by atoms with van der Waals surface area (Å²) in [6.07, 6.45) is -3.75. The van der Waals surface area contributed by atoms with Crippen LogP contribution in [0.4, 0.5) is 24.0 Å². The maximum absolute atomic E-state index is 13.8. The van der Waals surface area contributed by atoms with E-state index in [9.17, 15) is 46.1 Å². The number of aromatic nitrogens is 1. The molecule has 4 aromatic rings. The summed E-state index contributed by atoms with van der Waals surface area (Å²) < 4.78 is 66.1. The number of amides is 1. The summed E-state index contributed by atoms with van der Waals surface area (Å²) in [5, 5.41) is 10.7. The topological polar surface area (TPSA) is 145 Å². The minimum atomic E-state index is -4.68. The molecule has 0 aliphatic carbocycles. The molecular formula is C30H22F3N3O7S2. The summed E-state index contributed by atoms with van der Waals surface area (Å²) in [6.45, 7) is 3.89. The lowest BCUT2D eigenvalue weighted by Crippen LogP contribution is -2.30. The highest BCUT2D eigenvalue weighted by molar-refractivity contribution is 7.93. The van der Waals surface area contributed by atoms with Crippen LogP contribution in [0, 0.1) is 16.0 Å². The minimum absolute atomic E-state index is 0.0225. The fourth-order valence-electron chi connectivity index (χ4n) is 4.91. The molecule has 0 radical (unpaired) electrons. The highest BCUT2D eigenvalue weighted by Gasteiger charge is 2.53. The van der Waals surface area contributed by atoms with Gasteiger partial charge in [0.2, 0.25) is 15.6 Å². The van der Waals surface area contributed by atoms with Crippen LogP contribution >= 0.6 is 11.3 Å². The quantitative estimate of drug-likeness (QED) is 0.0718. The van der Waals surface area contributed by atoms with E-state index in [-0.39, 0.29) is 37.0 Å². The van der Waals surface area contributed by atoms with Gasteiger partial charge >= 0.3 is 6.18 Å². The Hall–Kier alpha value is -4.76. The third kappa shape index (κ3) is 5.88. The molecule has 3 aromatic carbocycles. The van der Waals surface area contributed by atoms with Crippen LogP contribution in [0.15, 0.2) is 88.1 Å². The van der Waals surface area contributed by atoms with Gasteiger partial charge in [0.15, 0.2) is 10.9 Å². The number of nitro groups is 1. The van der Waals surface area contributed by atoms with Gasteiger partial charge < -0.3 is 0 Å². The SMILES string of the molecule is CC(C)c1ccc(C(=O)C2C(=O)C(=O)N(c3ncc(S(=O)(=O)c4ccc([N+](=O)[O-])cc4)s3)C2c2ccc(C(F)(F)F)cc2)cc1. The highest BCUT2D eigenvalue weighted by Crippen LogP contribution is 2.44. The van der Waals surface area contributed by atoms with Crippen molar-refractivity contribution in [1.29, 1.82) is 0 Å². The Balaban J connectivity index is 1.58. The van der Waals surface area contributed by atoms with Gasteiger partial charge in [0.1, 0.15) is 10.1 Å². The number of alkyl halides is 3. The number of nitrogens with zero attached hydrogens (tertiary/aromatic N) is 3. The van der Waals surface area contributed by atoms with Gasteiger partial charge in [-0.2, -0.15) is 13.2 Å². The molecular weight excluding hydrogens is 635 g/mol. The number of benzene rings is 3. The van der Waals surface area contributed by atoms with Crippen molar-refractivity contribution in [1.82, 2.24) is 4.98 Å². The summed E-state index contributed by atoms with van der Waals surface area (Å²) in [6, 6.07) is 12.6. The summed E-state index contributed by atoms with van der Waals surface area (Å²) >= 11 is 0.497. The number of rotatable bonds is 8. The summed E-state index contributed by atoms with van der Waals surface area (Å²) in [7, 11) is -4.29. The predicted octanol–water partition coefficient (Wildman–Crippen LogP) is 6.18. The molecule has 15 heteroatoms. The molecule has 2 heterocycles. The number of carbonyl (C=O) groups excluding carboxylic acids is 3. The Morgan fingerprint density at radius 1 is 0.978 bits per heavy atom. The lowest BCUT2D eigenvalue weighted by molar-refractivity contribution is -0.384. The number of nitro benzene ring substituents is 1. The van der Waals surface area contributed by atoms with E-state index in [0.29, 0.717) is 11.3 Å². The van der Waals surface area contributed by atoms with Crippen LogP contribution in [0.25, 0.3) is 0 Å². The molecule has 0 bridgehead atoms. The molecule has 0 N–H and O–H groups in total. The normalized spacial score (nSPS) is 17.2. The molecule has 1 amide bonds. The number of carbonyl (C=O) groups is 3. The van der Waals surface area contributed by atoms with E-state index < -0.39 is 55.9 Å². The van der Waals surface area contributed by atoms with E-state index in [4.69, 9.17) is 0 Å². The van der Waals surface area contributed by atoms with E-state index in [0.717, 1.165) is 65.2 Å². The number of hydrogen-bond donors (Lipinski definition) is 0. The van der Waals surface area contributed by atoms with Crippen molar-refractivity contribution in [3.63, 3.8) is 0 Å². The first-order chi connectivity index (χ1) is 21.1. The Labute approximate surface area is 258 Å². The second-order valence-electron chi connectivity index (χ2n) is 10.4. The molecule has 0 saturated carbocycles. The molecule has 2 unspecified atom stereocenters.